The van der Waals surface area contributed by atoms with Gasteiger partial charge >= 0.3 is 11.9 Å². The van der Waals surface area contributed by atoms with E-state index in [4.69, 9.17) is 13.9 Å². The van der Waals surface area contributed by atoms with Crippen LogP contribution in [0.3, 0.4) is 0 Å². The normalized spacial score (nSPS) is 26.4. The quantitative estimate of drug-likeness (QED) is 0.400. The van der Waals surface area contributed by atoms with Gasteiger partial charge in [-0.1, -0.05) is 49.8 Å². The molecule has 0 aliphatic carbocycles. The van der Waals surface area contributed by atoms with Crippen molar-refractivity contribution in [3.63, 3.8) is 0 Å². The van der Waals surface area contributed by atoms with E-state index in [-0.39, 0.29) is 68.4 Å². The Morgan fingerprint density at radius 2 is 1.90 bits per heavy atom. The second-order valence-electron chi connectivity index (χ2n) is 13.7. The number of oxazole rings is 1. The van der Waals surface area contributed by atoms with Crippen molar-refractivity contribution < 1.29 is 37.5 Å². The number of cyclic esters (lactones) is 1. The predicted molar refractivity (Wildman–Crippen MR) is 188 cm³/mol. The van der Waals surface area contributed by atoms with E-state index in [9.17, 15) is 19.2 Å². The number of carbonyl (C=O) groups excluding carboxylic acids is 4. The molecule has 4 atom stereocenters. The standard InChI is InChI=1S/C39H49FN4O7/c1-4-34-27(3)9-14-35(45)41-16-7-8-26(2)20-32(50-38(47)29-12-10-28(11-13-29)23-43-17-5-6-18-43)21-31(40)22-36-42-33(25-49-36)37(46)44-19-15-30(24-44)39(48)51-34/h7-8,10-13,15,20,25,27,31-32,34H,4-6,9,14,16-19,21-24H2,1-3H3,(H,41,45)/b8-7+,26-20+/t27-,31?,32-,34-/m1/s1. The number of carbonyl (C=O) groups is 4. The summed E-state index contributed by atoms with van der Waals surface area (Å²) in [5.74, 6) is -1.69. The summed E-state index contributed by atoms with van der Waals surface area (Å²) in [6.45, 7) is 9.16. The zero-order valence-corrected chi connectivity index (χ0v) is 29.8. The average molecular weight is 705 g/mol. The van der Waals surface area contributed by atoms with Crippen LogP contribution in [0.5, 0.6) is 0 Å². The van der Waals surface area contributed by atoms with Gasteiger partial charge in [-0.2, -0.15) is 0 Å². The molecule has 1 saturated heterocycles. The average Bonchev–Trinajstić information content (AvgIpc) is 3.91. The third-order valence-electron chi connectivity index (χ3n) is 9.55. The maximum Gasteiger partial charge on any atom is 0.338 e. The smallest absolute Gasteiger partial charge is 0.338 e. The number of amides is 2. The highest BCUT2D eigenvalue weighted by Gasteiger charge is 2.30. The highest BCUT2D eigenvalue weighted by Crippen LogP contribution is 2.23. The number of alkyl halides is 1. The zero-order chi connectivity index (χ0) is 36.3. The Balaban J connectivity index is 1.30. The number of rotatable bonds is 5. The molecule has 1 unspecified atom stereocenters. The van der Waals surface area contributed by atoms with Crippen LogP contribution in [0.2, 0.25) is 0 Å². The molecule has 3 aliphatic heterocycles. The van der Waals surface area contributed by atoms with E-state index in [1.165, 1.54) is 24.0 Å². The van der Waals surface area contributed by atoms with Gasteiger partial charge in [-0.25, -0.2) is 19.0 Å². The fraction of sp³-hybridized carbons (Fsp3) is 0.513. The lowest BCUT2D eigenvalue weighted by atomic mass is 9.96. The number of hydrogen-bond donors (Lipinski definition) is 1. The number of likely N-dealkylation sites (tertiary alicyclic amines) is 1. The molecule has 0 spiro atoms. The van der Waals surface area contributed by atoms with Crippen LogP contribution < -0.4 is 5.32 Å². The molecule has 1 fully saturated rings. The van der Waals surface area contributed by atoms with Crippen molar-refractivity contribution in [1.29, 1.82) is 0 Å². The molecule has 274 valence electrons. The molecule has 5 rings (SSSR count). The van der Waals surface area contributed by atoms with Gasteiger partial charge in [-0.15, -0.1) is 0 Å². The van der Waals surface area contributed by atoms with E-state index in [1.807, 2.05) is 32.9 Å². The minimum absolute atomic E-state index is 0.00467. The van der Waals surface area contributed by atoms with E-state index in [0.29, 0.717) is 29.6 Å². The molecule has 1 aromatic carbocycles. The number of nitrogens with zero attached hydrogens (tertiary/aromatic N) is 3. The first-order valence-corrected chi connectivity index (χ1v) is 18.0. The minimum atomic E-state index is -1.52. The van der Waals surface area contributed by atoms with Crippen LogP contribution in [0, 0.1) is 5.92 Å². The SMILES string of the molecule is CC[C@H]1OC(=O)C2=CCN(C2)C(=O)c2coc(n2)CC(F)C[C@H](OC(=O)c2ccc(CN3CCCC3)cc2)/C=C(C)/C=C/CNC(=O)CC[C@H]1C. The lowest BCUT2D eigenvalue weighted by Gasteiger charge is -2.23. The van der Waals surface area contributed by atoms with Crippen LogP contribution in [0.4, 0.5) is 4.39 Å². The molecule has 51 heavy (non-hydrogen) atoms. The van der Waals surface area contributed by atoms with Crippen molar-refractivity contribution in [3.05, 3.63) is 88.7 Å². The van der Waals surface area contributed by atoms with Crippen LogP contribution in [0.25, 0.3) is 0 Å². The van der Waals surface area contributed by atoms with Gasteiger partial charge in [0.25, 0.3) is 5.91 Å². The summed E-state index contributed by atoms with van der Waals surface area (Å²) in [5.41, 5.74) is 2.56. The molecule has 3 aliphatic rings. The Morgan fingerprint density at radius 3 is 2.65 bits per heavy atom. The van der Waals surface area contributed by atoms with Gasteiger partial charge in [-0.3, -0.25) is 14.5 Å². The Hall–Kier alpha value is -4.58. The number of halogens is 1. The summed E-state index contributed by atoms with van der Waals surface area (Å²) in [5, 5.41) is 2.87. The number of allylic oxidation sites excluding steroid dienone is 2. The third kappa shape index (κ3) is 11.0. The van der Waals surface area contributed by atoms with Crippen molar-refractivity contribution in [1.82, 2.24) is 20.1 Å². The minimum Gasteiger partial charge on any atom is -0.459 e. The van der Waals surface area contributed by atoms with Crippen molar-refractivity contribution in [2.75, 3.05) is 32.7 Å². The molecule has 11 nitrogen and oxygen atoms in total. The Labute approximate surface area is 298 Å². The van der Waals surface area contributed by atoms with Crippen LogP contribution in [-0.4, -0.2) is 89.6 Å². The fourth-order valence-corrected chi connectivity index (χ4v) is 6.56. The highest BCUT2D eigenvalue weighted by atomic mass is 19.1. The first-order valence-electron chi connectivity index (χ1n) is 18.0. The van der Waals surface area contributed by atoms with Gasteiger partial charge in [-0.05, 0) is 75.4 Å². The Morgan fingerprint density at radius 1 is 1.14 bits per heavy atom. The lowest BCUT2D eigenvalue weighted by molar-refractivity contribution is -0.147. The van der Waals surface area contributed by atoms with E-state index in [2.05, 4.69) is 15.2 Å². The molecule has 2 aromatic rings. The maximum absolute atomic E-state index is 15.6. The summed E-state index contributed by atoms with van der Waals surface area (Å²) in [6, 6.07) is 7.30. The van der Waals surface area contributed by atoms with Crippen molar-refractivity contribution >= 4 is 23.8 Å². The highest BCUT2D eigenvalue weighted by molar-refractivity contribution is 5.96. The summed E-state index contributed by atoms with van der Waals surface area (Å²) < 4.78 is 32.7. The molecule has 2 amide bonds. The Bertz CT molecular complexity index is 1630. The summed E-state index contributed by atoms with van der Waals surface area (Å²) in [4.78, 5) is 60.0. The zero-order valence-electron chi connectivity index (χ0n) is 29.8. The first kappa shape index (κ1) is 37.7. The maximum atomic E-state index is 15.6. The fourth-order valence-electron chi connectivity index (χ4n) is 6.56. The van der Waals surface area contributed by atoms with Gasteiger partial charge in [0.05, 0.1) is 24.1 Å². The molecule has 0 saturated carbocycles. The number of fused-ring (bicyclic) bond motifs is 4. The topological polar surface area (TPSA) is 131 Å². The molecule has 4 bridgehead atoms. The van der Waals surface area contributed by atoms with Gasteiger partial charge in [0, 0.05) is 32.5 Å². The van der Waals surface area contributed by atoms with Crippen molar-refractivity contribution in [2.24, 2.45) is 5.92 Å². The number of ether oxygens (including phenoxy) is 2. The van der Waals surface area contributed by atoms with Crippen LogP contribution in [-0.2, 0) is 32.0 Å². The predicted octanol–water partition coefficient (Wildman–Crippen LogP) is 5.52. The molecular formula is C39H49FN4O7. The summed E-state index contributed by atoms with van der Waals surface area (Å²) in [6.07, 6.45) is 8.59. The number of hydrogen-bond acceptors (Lipinski definition) is 9. The van der Waals surface area contributed by atoms with Crippen LogP contribution in [0.15, 0.2) is 70.4 Å². The molecular weight excluding hydrogens is 655 g/mol. The largest absolute Gasteiger partial charge is 0.459 e. The van der Waals surface area contributed by atoms with Crippen LogP contribution in [0.1, 0.15) is 91.6 Å². The van der Waals surface area contributed by atoms with E-state index in [0.717, 1.165) is 25.2 Å². The molecule has 1 aromatic heterocycles. The van der Waals surface area contributed by atoms with E-state index in [1.54, 1.807) is 36.4 Å². The molecule has 12 heteroatoms. The first-order chi connectivity index (χ1) is 24.6. The number of aromatic nitrogens is 1. The molecule has 4 heterocycles. The molecule has 1 N–H and O–H groups in total. The second-order valence-corrected chi connectivity index (χ2v) is 13.7. The van der Waals surface area contributed by atoms with Gasteiger partial charge < -0.3 is 24.1 Å². The van der Waals surface area contributed by atoms with Gasteiger partial charge in [0.1, 0.15) is 24.6 Å². The molecule has 0 radical (unpaired) electrons. The third-order valence-corrected chi connectivity index (χ3v) is 9.55. The van der Waals surface area contributed by atoms with E-state index >= 15 is 4.39 Å². The number of esters is 2. The summed E-state index contributed by atoms with van der Waals surface area (Å²) in [7, 11) is 0. The lowest BCUT2D eigenvalue weighted by Crippen LogP contribution is -2.32. The van der Waals surface area contributed by atoms with Gasteiger partial charge in [0.2, 0.25) is 5.91 Å². The second kappa shape index (κ2) is 18.1. The monoisotopic (exact) mass is 704 g/mol. The number of benzene rings is 1. The summed E-state index contributed by atoms with van der Waals surface area (Å²) >= 11 is 0. The van der Waals surface area contributed by atoms with Crippen molar-refractivity contribution in [3.8, 4) is 0 Å². The Kier molecular flexibility index (Phi) is 13.3. The van der Waals surface area contributed by atoms with Gasteiger partial charge in [0.15, 0.2) is 11.6 Å². The number of nitrogens with one attached hydrogen (secondary N) is 1. The van der Waals surface area contributed by atoms with Crippen LogP contribution >= 0.6 is 0 Å². The van der Waals surface area contributed by atoms with E-state index < -0.39 is 30.1 Å². The van der Waals surface area contributed by atoms with Crippen molar-refractivity contribution in [2.45, 2.75) is 90.6 Å².